The summed E-state index contributed by atoms with van der Waals surface area (Å²) in [6.45, 7) is 6.42. The van der Waals surface area contributed by atoms with Gasteiger partial charge in [0.15, 0.2) is 0 Å². The first-order valence-corrected chi connectivity index (χ1v) is 7.57. The fourth-order valence-corrected chi connectivity index (χ4v) is 2.47. The Morgan fingerprint density at radius 3 is 2.45 bits per heavy atom. The van der Waals surface area contributed by atoms with Crippen LogP contribution >= 0.6 is 0 Å². The van der Waals surface area contributed by atoms with E-state index < -0.39 is 0 Å². The smallest absolute Gasteiger partial charge is 0.255 e. The van der Waals surface area contributed by atoms with Gasteiger partial charge in [-0.25, -0.2) is 0 Å². The number of aryl methyl sites for hydroxylation is 1. The lowest BCUT2D eigenvalue weighted by Crippen LogP contribution is -2.14. The van der Waals surface area contributed by atoms with Crippen molar-refractivity contribution in [3.8, 4) is 0 Å². The molecule has 0 saturated carbocycles. The summed E-state index contributed by atoms with van der Waals surface area (Å²) >= 11 is 0. The van der Waals surface area contributed by atoms with Crippen molar-refractivity contribution in [2.24, 2.45) is 0 Å². The predicted molar refractivity (Wildman–Crippen MR) is 94.0 cm³/mol. The first-order valence-electron chi connectivity index (χ1n) is 7.57. The van der Waals surface area contributed by atoms with Crippen molar-refractivity contribution in [1.29, 1.82) is 0 Å². The van der Waals surface area contributed by atoms with Gasteiger partial charge in [0.2, 0.25) is 0 Å². The second-order valence-corrected chi connectivity index (χ2v) is 6.12. The second kappa shape index (κ2) is 6.65. The average molecular weight is 296 g/mol. The van der Waals surface area contributed by atoms with E-state index >= 15 is 0 Å². The minimum absolute atomic E-state index is 0.0812. The summed E-state index contributed by atoms with van der Waals surface area (Å²) in [4.78, 5) is 14.4. The van der Waals surface area contributed by atoms with E-state index in [1.54, 1.807) is 0 Å². The molecular formula is C19H24N2O. The largest absolute Gasteiger partial charge is 0.378 e. The molecule has 0 heterocycles. The van der Waals surface area contributed by atoms with Gasteiger partial charge in [-0.2, -0.15) is 0 Å². The number of amides is 1. The first kappa shape index (κ1) is 16.1. The highest BCUT2D eigenvalue weighted by Crippen LogP contribution is 2.23. The quantitative estimate of drug-likeness (QED) is 0.904. The van der Waals surface area contributed by atoms with Crippen molar-refractivity contribution in [2.75, 3.05) is 24.3 Å². The molecule has 22 heavy (non-hydrogen) atoms. The number of carbonyl (C=O) groups excluding carboxylic acids is 1. The molecule has 0 aliphatic heterocycles. The van der Waals surface area contributed by atoms with Crippen LogP contribution in [-0.2, 0) is 0 Å². The zero-order chi connectivity index (χ0) is 16.3. The monoisotopic (exact) mass is 296 g/mol. The van der Waals surface area contributed by atoms with Crippen molar-refractivity contribution in [3.63, 3.8) is 0 Å². The standard InChI is InChI=1S/C19H24N2O/c1-13(2)18-12-16(10-9-14(18)3)20-19(22)15-7-6-8-17(11-15)21(4)5/h6-13H,1-5H3,(H,20,22). The van der Waals surface area contributed by atoms with Crippen LogP contribution in [0.4, 0.5) is 11.4 Å². The number of hydrogen-bond acceptors (Lipinski definition) is 2. The lowest BCUT2D eigenvalue weighted by molar-refractivity contribution is 0.102. The third-order valence-electron chi connectivity index (χ3n) is 3.78. The van der Waals surface area contributed by atoms with E-state index in [4.69, 9.17) is 0 Å². The minimum atomic E-state index is -0.0812. The Kier molecular flexibility index (Phi) is 4.86. The molecule has 1 amide bonds. The van der Waals surface area contributed by atoms with Crippen molar-refractivity contribution in [2.45, 2.75) is 26.7 Å². The lowest BCUT2D eigenvalue weighted by Gasteiger charge is -2.15. The van der Waals surface area contributed by atoms with Crippen molar-refractivity contribution < 1.29 is 4.79 Å². The highest BCUT2D eigenvalue weighted by atomic mass is 16.1. The second-order valence-electron chi connectivity index (χ2n) is 6.12. The molecule has 2 rings (SSSR count). The number of nitrogens with zero attached hydrogens (tertiary/aromatic N) is 1. The van der Waals surface area contributed by atoms with Crippen LogP contribution in [0.1, 0.15) is 41.3 Å². The maximum atomic E-state index is 12.4. The number of benzene rings is 2. The Morgan fingerprint density at radius 2 is 1.82 bits per heavy atom. The number of anilines is 2. The van der Waals surface area contributed by atoms with Gasteiger partial charge >= 0.3 is 0 Å². The van der Waals surface area contributed by atoms with Crippen LogP contribution in [-0.4, -0.2) is 20.0 Å². The van der Waals surface area contributed by atoms with Gasteiger partial charge in [-0.1, -0.05) is 26.0 Å². The fraction of sp³-hybridized carbons (Fsp3) is 0.316. The number of nitrogens with one attached hydrogen (secondary N) is 1. The van der Waals surface area contributed by atoms with Gasteiger partial charge in [-0.15, -0.1) is 0 Å². The van der Waals surface area contributed by atoms with Gasteiger partial charge in [-0.3, -0.25) is 4.79 Å². The van der Waals surface area contributed by atoms with Crippen LogP contribution in [0.2, 0.25) is 0 Å². The van der Waals surface area contributed by atoms with Crippen LogP contribution in [0, 0.1) is 6.92 Å². The summed E-state index contributed by atoms with van der Waals surface area (Å²) in [5, 5.41) is 2.99. The Bertz CT molecular complexity index is 675. The maximum absolute atomic E-state index is 12.4. The van der Waals surface area contributed by atoms with Crippen LogP contribution in [0.5, 0.6) is 0 Å². The van der Waals surface area contributed by atoms with E-state index in [0.717, 1.165) is 11.4 Å². The molecule has 0 fully saturated rings. The molecule has 0 radical (unpaired) electrons. The van der Waals surface area contributed by atoms with Crippen molar-refractivity contribution in [3.05, 3.63) is 59.2 Å². The van der Waals surface area contributed by atoms with Gasteiger partial charge in [-0.05, 0) is 54.3 Å². The molecule has 0 spiro atoms. The fourth-order valence-electron chi connectivity index (χ4n) is 2.47. The summed E-state index contributed by atoms with van der Waals surface area (Å²) in [5.74, 6) is 0.358. The molecule has 3 nitrogen and oxygen atoms in total. The molecule has 1 N–H and O–H groups in total. The van der Waals surface area contributed by atoms with Crippen LogP contribution < -0.4 is 10.2 Å². The molecule has 0 aliphatic rings. The summed E-state index contributed by atoms with van der Waals surface area (Å²) < 4.78 is 0. The highest BCUT2D eigenvalue weighted by molar-refractivity contribution is 6.04. The predicted octanol–water partition coefficient (Wildman–Crippen LogP) is 4.44. The van der Waals surface area contributed by atoms with Crippen molar-refractivity contribution in [1.82, 2.24) is 0 Å². The SMILES string of the molecule is Cc1ccc(NC(=O)c2cccc(N(C)C)c2)cc1C(C)C. The molecule has 0 bridgehead atoms. The molecule has 0 aliphatic carbocycles. The average Bonchev–Trinajstić information content (AvgIpc) is 2.49. The summed E-state index contributed by atoms with van der Waals surface area (Å²) in [6, 6.07) is 13.7. The number of hydrogen-bond donors (Lipinski definition) is 1. The van der Waals surface area contributed by atoms with Gasteiger partial charge in [0.05, 0.1) is 0 Å². The van der Waals surface area contributed by atoms with E-state index in [-0.39, 0.29) is 5.91 Å². The van der Waals surface area contributed by atoms with E-state index in [1.807, 2.05) is 49.3 Å². The van der Waals surface area contributed by atoms with Crippen LogP contribution in [0.3, 0.4) is 0 Å². The highest BCUT2D eigenvalue weighted by Gasteiger charge is 2.10. The molecule has 0 aromatic heterocycles. The van der Waals surface area contributed by atoms with E-state index in [0.29, 0.717) is 11.5 Å². The lowest BCUT2D eigenvalue weighted by atomic mass is 9.97. The van der Waals surface area contributed by atoms with Crippen LogP contribution in [0.25, 0.3) is 0 Å². The third kappa shape index (κ3) is 3.67. The Morgan fingerprint density at radius 1 is 1.09 bits per heavy atom. The van der Waals surface area contributed by atoms with Gasteiger partial charge in [0.1, 0.15) is 0 Å². The normalized spacial score (nSPS) is 10.6. The molecule has 0 unspecified atom stereocenters. The summed E-state index contributed by atoms with van der Waals surface area (Å²) in [7, 11) is 3.93. The molecule has 2 aromatic carbocycles. The van der Waals surface area contributed by atoms with Crippen LogP contribution in [0.15, 0.2) is 42.5 Å². The van der Waals surface area contributed by atoms with E-state index in [1.165, 1.54) is 11.1 Å². The Balaban J connectivity index is 2.22. The maximum Gasteiger partial charge on any atom is 0.255 e. The Hall–Kier alpha value is -2.29. The van der Waals surface area contributed by atoms with Crippen molar-refractivity contribution >= 4 is 17.3 Å². The number of carbonyl (C=O) groups is 1. The van der Waals surface area contributed by atoms with Gasteiger partial charge < -0.3 is 10.2 Å². The summed E-state index contributed by atoms with van der Waals surface area (Å²) in [6.07, 6.45) is 0. The molecular weight excluding hydrogens is 272 g/mol. The molecule has 3 heteroatoms. The molecule has 2 aromatic rings. The van der Waals surface area contributed by atoms with Gasteiger partial charge in [0.25, 0.3) is 5.91 Å². The molecule has 116 valence electrons. The zero-order valence-corrected chi connectivity index (χ0v) is 14.0. The van der Waals surface area contributed by atoms with E-state index in [9.17, 15) is 4.79 Å². The van der Waals surface area contributed by atoms with E-state index in [2.05, 4.69) is 38.2 Å². The summed E-state index contributed by atoms with van der Waals surface area (Å²) in [5.41, 5.74) is 5.04. The topological polar surface area (TPSA) is 32.3 Å². The Labute approximate surface area is 133 Å². The third-order valence-corrected chi connectivity index (χ3v) is 3.78. The number of rotatable bonds is 4. The first-order chi connectivity index (χ1) is 10.4. The minimum Gasteiger partial charge on any atom is -0.378 e. The zero-order valence-electron chi connectivity index (χ0n) is 14.0. The molecule has 0 saturated heterocycles. The van der Waals surface area contributed by atoms with Gasteiger partial charge in [0, 0.05) is 31.0 Å². The molecule has 0 atom stereocenters.